The Labute approximate surface area is 231 Å². The number of nitrogens with zero attached hydrogens (tertiary/aromatic N) is 3. The first-order valence-electron chi connectivity index (χ1n) is 12.6. The summed E-state index contributed by atoms with van der Waals surface area (Å²) in [5.74, 6) is 0.0968. The number of nitrogens with one attached hydrogen (secondary N) is 2. The van der Waals surface area contributed by atoms with Crippen LogP contribution in [0.25, 0.3) is 10.9 Å². The summed E-state index contributed by atoms with van der Waals surface area (Å²) in [5.41, 5.74) is 9.46. The monoisotopic (exact) mass is 544 g/mol. The number of ether oxygens (including phenoxy) is 1. The van der Waals surface area contributed by atoms with Crippen LogP contribution in [0.1, 0.15) is 18.5 Å². The molecule has 1 atom stereocenters. The fraction of sp³-hybridized carbons (Fsp3) is 0.207. The molecule has 39 heavy (non-hydrogen) atoms. The number of likely N-dealkylation sites (tertiary alicyclic amines) is 1. The number of nitrogen functional groups attached to an aromatic ring is 1. The normalized spacial score (nSPS) is 15.6. The number of phenolic OH excluding ortho intramolecular Hbond substituents is 1. The van der Waals surface area contributed by atoms with E-state index in [-0.39, 0.29) is 23.4 Å². The molecule has 5 N–H and O–H groups in total. The van der Waals surface area contributed by atoms with Crippen LogP contribution in [-0.4, -0.2) is 45.5 Å². The second-order valence-electron chi connectivity index (χ2n) is 9.39. The topological polar surface area (TPSA) is 126 Å². The minimum Gasteiger partial charge on any atom is -0.506 e. The molecule has 5 rings (SSSR count). The van der Waals surface area contributed by atoms with Gasteiger partial charge in [0.1, 0.15) is 18.1 Å². The van der Waals surface area contributed by atoms with Gasteiger partial charge in [-0.2, -0.15) is 0 Å². The number of aromatic nitrogens is 2. The van der Waals surface area contributed by atoms with E-state index in [1.165, 1.54) is 18.3 Å². The summed E-state index contributed by atoms with van der Waals surface area (Å²) in [5, 5.41) is 17.6. The lowest BCUT2D eigenvalue weighted by Gasteiger charge is -2.16. The number of likely N-dealkylation sites (N-methyl/N-ethyl adjacent to an activating group) is 1. The Hall–Kier alpha value is -4.34. The molecule has 1 aliphatic heterocycles. The Morgan fingerprint density at radius 1 is 1.26 bits per heavy atom. The molecular weight excluding hydrogens is 516 g/mol. The first kappa shape index (κ1) is 26.3. The van der Waals surface area contributed by atoms with Crippen molar-refractivity contribution < 1.29 is 14.6 Å². The zero-order valence-corrected chi connectivity index (χ0v) is 22.2. The van der Waals surface area contributed by atoms with Gasteiger partial charge in [-0.15, -0.1) is 0 Å². The Morgan fingerprint density at radius 2 is 2.13 bits per heavy atom. The van der Waals surface area contributed by atoms with Crippen LogP contribution in [0.15, 0.2) is 73.1 Å². The van der Waals surface area contributed by atoms with Crippen LogP contribution < -0.4 is 21.1 Å². The summed E-state index contributed by atoms with van der Waals surface area (Å²) in [7, 11) is 2.04. The average Bonchev–Trinajstić information content (AvgIpc) is 3.34. The highest BCUT2D eigenvalue weighted by molar-refractivity contribution is 6.32. The van der Waals surface area contributed by atoms with Crippen molar-refractivity contribution in [2.75, 3.05) is 30.0 Å². The molecule has 9 nitrogen and oxygen atoms in total. The van der Waals surface area contributed by atoms with Crippen molar-refractivity contribution in [1.29, 1.82) is 0 Å². The van der Waals surface area contributed by atoms with Gasteiger partial charge in [0.2, 0.25) is 5.91 Å². The third-order valence-electron chi connectivity index (χ3n) is 6.62. The predicted molar refractivity (Wildman–Crippen MR) is 155 cm³/mol. The quantitative estimate of drug-likeness (QED) is 0.170. The van der Waals surface area contributed by atoms with E-state index >= 15 is 0 Å². The van der Waals surface area contributed by atoms with Gasteiger partial charge >= 0.3 is 0 Å². The van der Waals surface area contributed by atoms with Crippen LogP contribution in [-0.2, 0) is 11.4 Å². The Bertz CT molecular complexity index is 1530. The number of hydrogen-bond donors (Lipinski definition) is 4. The van der Waals surface area contributed by atoms with E-state index in [1.807, 2.05) is 37.4 Å². The molecule has 1 fully saturated rings. The molecule has 0 radical (unpaired) electrons. The molecule has 10 heteroatoms. The van der Waals surface area contributed by atoms with Crippen molar-refractivity contribution in [1.82, 2.24) is 14.9 Å². The van der Waals surface area contributed by atoms with Gasteiger partial charge in [-0.25, -0.2) is 0 Å². The number of carbonyl (C=O) groups excluding carboxylic acids is 1. The summed E-state index contributed by atoms with van der Waals surface area (Å²) in [6, 6.07) is 14.3. The fourth-order valence-corrected chi connectivity index (χ4v) is 4.75. The predicted octanol–water partition coefficient (Wildman–Crippen LogP) is 5.48. The van der Waals surface area contributed by atoms with Crippen LogP contribution in [0.4, 0.5) is 22.7 Å². The lowest BCUT2D eigenvalue weighted by atomic mass is 10.1. The lowest BCUT2D eigenvalue weighted by molar-refractivity contribution is -0.112. The number of pyridine rings is 2. The van der Waals surface area contributed by atoms with Crippen molar-refractivity contribution in [2.45, 2.75) is 25.5 Å². The summed E-state index contributed by atoms with van der Waals surface area (Å²) >= 11 is 6.49. The number of nitrogens with two attached hydrogens (primary N) is 1. The maximum Gasteiger partial charge on any atom is 0.248 e. The van der Waals surface area contributed by atoms with E-state index in [4.69, 9.17) is 22.1 Å². The molecule has 4 aromatic rings. The number of rotatable bonds is 8. The van der Waals surface area contributed by atoms with Gasteiger partial charge in [0.05, 0.1) is 39.5 Å². The average molecular weight is 545 g/mol. The standard InChI is InChI=1S/C29H29ClN6O3/c1-36-12-4-6-20(36)8-10-28(38)35-25-14-21-24(15-26(25)37)33-16-23(31)29(21)34-18-7-9-27(22(30)13-18)39-17-19-5-2-3-11-32-19/h2-3,5,7-11,13-16,20,37H,4,6,12,17,31H2,1H3,(H,33,34)(H,35,38)/b10-8+. The van der Waals surface area contributed by atoms with E-state index in [1.54, 1.807) is 24.4 Å². The van der Waals surface area contributed by atoms with E-state index in [0.29, 0.717) is 45.3 Å². The fourth-order valence-electron chi connectivity index (χ4n) is 4.51. The van der Waals surface area contributed by atoms with Crippen LogP contribution in [0.5, 0.6) is 11.5 Å². The van der Waals surface area contributed by atoms with E-state index in [9.17, 15) is 9.90 Å². The van der Waals surface area contributed by atoms with E-state index < -0.39 is 0 Å². The number of halogens is 1. The molecule has 0 bridgehead atoms. The molecule has 1 aliphatic rings. The second-order valence-corrected chi connectivity index (χ2v) is 9.80. The molecule has 1 saturated heterocycles. The van der Waals surface area contributed by atoms with Crippen LogP contribution in [0, 0.1) is 0 Å². The van der Waals surface area contributed by atoms with E-state index in [0.717, 1.165) is 25.1 Å². The molecule has 1 unspecified atom stereocenters. The number of benzene rings is 2. The maximum absolute atomic E-state index is 12.6. The molecule has 0 spiro atoms. The van der Waals surface area contributed by atoms with Crippen LogP contribution in [0.3, 0.4) is 0 Å². The largest absolute Gasteiger partial charge is 0.506 e. The minimum absolute atomic E-state index is 0.0945. The summed E-state index contributed by atoms with van der Waals surface area (Å²) in [4.78, 5) is 23.4. The number of anilines is 4. The van der Waals surface area contributed by atoms with E-state index in [2.05, 4.69) is 25.5 Å². The lowest BCUT2D eigenvalue weighted by Crippen LogP contribution is -2.23. The second kappa shape index (κ2) is 11.6. The van der Waals surface area contributed by atoms with Crippen molar-refractivity contribution >= 4 is 51.2 Å². The molecule has 0 aliphatic carbocycles. The molecule has 2 aromatic heterocycles. The van der Waals surface area contributed by atoms with Gasteiger partial charge < -0.3 is 26.2 Å². The zero-order chi connectivity index (χ0) is 27.4. The van der Waals surface area contributed by atoms with Gasteiger partial charge in [0, 0.05) is 35.5 Å². The van der Waals surface area contributed by atoms with Crippen LogP contribution >= 0.6 is 11.6 Å². The van der Waals surface area contributed by atoms with Crippen molar-refractivity contribution in [3.05, 3.63) is 83.8 Å². The molecule has 200 valence electrons. The highest BCUT2D eigenvalue weighted by Crippen LogP contribution is 2.38. The van der Waals surface area contributed by atoms with Crippen molar-refractivity contribution in [3.63, 3.8) is 0 Å². The number of phenols is 1. The van der Waals surface area contributed by atoms with Gasteiger partial charge in [-0.1, -0.05) is 23.7 Å². The first-order chi connectivity index (χ1) is 18.9. The van der Waals surface area contributed by atoms with Gasteiger partial charge in [-0.05, 0) is 62.8 Å². The SMILES string of the molecule is CN1CCCC1/C=C/C(=O)Nc1cc2c(Nc3ccc(OCc4ccccn4)c(Cl)c3)c(N)cnc2cc1O. The van der Waals surface area contributed by atoms with Gasteiger partial charge in [0.25, 0.3) is 0 Å². The van der Waals surface area contributed by atoms with Crippen molar-refractivity contribution in [2.24, 2.45) is 0 Å². The van der Waals surface area contributed by atoms with Gasteiger partial charge in [0.15, 0.2) is 0 Å². The third kappa shape index (κ3) is 6.22. The maximum atomic E-state index is 12.6. The number of fused-ring (bicyclic) bond motifs is 1. The van der Waals surface area contributed by atoms with Crippen molar-refractivity contribution in [3.8, 4) is 11.5 Å². The molecule has 3 heterocycles. The Morgan fingerprint density at radius 3 is 2.87 bits per heavy atom. The number of aromatic hydroxyl groups is 1. The van der Waals surface area contributed by atoms with Gasteiger partial charge in [-0.3, -0.25) is 19.7 Å². The zero-order valence-electron chi connectivity index (χ0n) is 21.4. The Balaban J connectivity index is 1.35. The number of hydrogen-bond acceptors (Lipinski definition) is 8. The summed E-state index contributed by atoms with van der Waals surface area (Å²) in [6.07, 6.45) is 8.74. The smallest absolute Gasteiger partial charge is 0.248 e. The number of amides is 1. The van der Waals surface area contributed by atoms with Crippen LogP contribution in [0.2, 0.25) is 5.02 Å². The number of carbonyl (C=O) groups is 1. The molecular formula is C29H29ClN6O3. The first-order valence-corrected chi connectivity index (χ1v) is 12.9. The Kier molecular flexibility index (Phi) is 7.81. The summed E-state index contributed by atoms with van der Waals surface area (Å²) < 4.78 is 5.81. The molecule has 0 saturated carbocycles. The minimum atomic E-state index is -0.329. The third-order valence-corrected chi connectivity index (χ3v) is 6.92. The highest BCUT2D eigenvalue weighted by atomic mass is 35.5. The molecule has 1 amide bonds. The summed E-state index contributed by atoms with van der Waals surface area (Å²) in [6.45, 7) is 1.30. The highest BCUT2D eigenvalue weighted by Gasteiger charge is 2.18. The molecule has 2 aromatic carbocycles.